The van der Waals surface area contributed by atoms with Gasteiger partial charge in [-0.1, -0.05) is 13.8 Å². The first-order valence-corrected chi connectivity index (χ1v) is 6.47. The maximum atomic E-state index is 11.8. The lowest BCUT2D eigenvalue weighted by atomic mass is 9.54. The van der Waals surface area contributed by atoms with E-state index in [-0.39, 0.29) is 11.8 Å². The molecule has 0 unspecified atom stereocenters. The highest BCUT2D eigenvalue weighted by atomic mass is 16.1. The van der Waals surface area contributed by atoms with Crippen LogP contribution in [0.2, 0.25) is 0 Å². The van der Waals surface area contributed by atoms with Gasteiger partial charge in [0.25, 0.3) is 0 Å². The molecule has 0 saturated heterocycles. The van der Waals surface area contributed by atoms with E-state index in [2.05, 4.69) is 13.8 Å². The van der Waals surface area contributed by atoms with Crippen molar-refractivity contribution in [2.75, 3.05) is 0 Å². The highest BCUT2D eigenvalue weighted by Crippen LogP contribution is 2.52. The summed E-state index contributed by atoms with van der Waals surface area (Å²) in [6.07, 6.45) is 4.88. The summed E-state index contributed by atoms with van der Waals surface area (Å²) in [5.74, 6) is 1.54. The second-order valence-corrected chi connectivity index (χ2v) is 6.10. The van der Waals surface area contributed by atoms with Crippen LogP contribution in [0.1, 0.15) is 52.9 Å². The molecule has 16 heavy (non-hydrogen) atoms. The van der Waals surface area contributed by atoms with Gasteiger partial charge in [-0.15, -0.1) is 0 Å². The third-order valence-corrected chi connectivity index (χ3v) is 5.13. The van der Waals surface area contributed by atoms with Gasteiger partial charge in [0.15, 0.2) is 0 Å². The van der Waals surface area contributed by atoms with Crippen molar-refractivity contribution >= 4 is 11.6 Å². The van der Waals surface area contributed by atoms with Gasteiger partial charge in [0.2, 0.25) is 0 Å². The largest absolute Gasteiger partial charge is 0.300 e. The van der Waals surface area contributed by atoms with Crippen molar-refractivity contribution in [3.05, 3.63) is 0 Å². The maximum absolute atomic E-state index is 11.8. The van der Waals surface area contributed by atoms with Crippen LogP contribution < -0.4 is 0 Å². The fourth-order valence-corrected chi connectivity index (χ4v) is 3.75. The number of rotatable bonds is 1. The fourth-order valence-electron chi connectivity index (χ4n) is 3.75. The molecule has 2 aliphatic carbocycles. The van der Waals surface area contributed by atoms with E-state index < -0.39 is 0 Å². The Kier molecular flexibility index (Phi) is 2.93. The molecule has 2 nitrogen and oxygen atoms in total. The second-order valence-electron chi connectivity index (χ2n) is 6.10. The van der Waals surface area contributed by atoms with Crippen LogP contribution in [0.25, 0.3) is 0 Å². The van der Waals surface area contributed by atoms with E-state index >= 15 is 0 Å². The Hall–Kier alpha value is -0.660. The molecule has 0 amide bonds. The van der Waals surface area contributed by atoms with E-state index in [9.17, 15) is 9.59 Å². The Morgan fingerprint density at radius 3 is 2.69 bits per heavy atom. The summed E-state index contributed by atoms with van der Waals surface area (Å²) in [4.78, 5) is 23.3. The van der Waals surface area contributed by atoms with Gasteiger partial charge < -0.3 is 0 Å². The van der Waals surface area contributed by atoms with Gasteiger partial charge >= 0.3 is 0 Å². The number of Topliss-reactive ketones (excluding diaryl/α,β-unsaturated/α-hetero) is 2. The molecule has 0 aromatic heterocycles. The van der Waals surface area contributed by atoms with Crippen LogP contribution in [0.15, 0.2) is 0 Å². The van der Waals surface area contributed by atoms with E-state index in [1.165, 1.54) is 0 Å². The molecule has 0 aromatic carbocycles. The van der Waals surface area contributed by atoms with Gasteiger partial charge in [-0.05, 0) is 43.9 Å². The molecule has 0 radical (unpaired) electrons. The van der Waals surface area contributed by atoms with Gasteiger partial charge in [0.1, 0.15) is 11.6 Å². The predicted octanol–water partition coefficient (Wildman–Crippen LogP) is 3.00. The zero-order valence-electron chi connectivity index (χ0n) is 10.6. The standard InChI is InChI=1S/C14H22O2/c1-9-12-8-11(10(2)15)4-6-14(12,3)7-5-13(9)16/h9,11-12H,4-8H2,1-3H3/t9-,11-,12+,14-/m1/s1. The summed E-state index contributed by atoms with van der Waals surface area (Å²) in [5.41, 5.74) is 0.319. The van der Waals surface area contributed by atoms with Crippen molar-refractivity contribution in [1.82, 2.24) is 0 Å². The van der Waals surface area contributed by atoms with Gasteiger partial charge in [-0.25, -0.2) is 0 Å². The number of hydrogen-bond donors (Lipinski definition) is 0. The normalized spacial score (nSPS) is 43.9. The van der Waals surface area contributed by atoms with Crippen molar-refractivity contribution < 1.29 is 9.59 Å². The van der Waals surface area contributed by atoms with Gasteiger partial charge in [-0.3, -0.25) is 9.59 Å². The van der Waals surface area contributed by atoms with E-state index in [0.29, 0.717) is 22.9 Å². The number of hydrogen-bond acceptors (Lipinski definition) is 2. The van der Waals surface area contributed by atoms with Crippen LogP contribution in [0, 0.1) is 23.2 Å². The summed E-state index contributed by atoms with van der Waals surface area (Å²) >= 11 is 0. The molecular formula is C14H22O2. The minimum absolute atomic E-state index is 0.167. The third-order valence-electron chi connectivity index (χ3n) is 5.13. The van der Waals surface area contributed by atoms with Crippen LogP contribution in [0.3, 0.4) is 0 Å². The molecule has 2 aliphatic rings. The number of ketones is 2. The van der Waals surface area contributed by atoms with Crippen molar-refractivity contribution in [2.45, 2.75) is 52.9 Å². The van der Waals surface area contributed by atoms with E-state index in [1.54, 1.807) is 6.92 Å². The van der Waals surface area contributed by atoms with Gasteiger partial charge in [0.05, 0.1) is 0 Å². The van der Waals surface area contributed by atoms with E-state index in [1.807, 2.05) is 0 Å². The monoisotopic (exact) mass is 222 g/mol. The molecule has 0 N–H and O–H groups in total. The highest BCUT2D eigenvalue weighted by molar-refractivity contribution is 5.82. The second kappa shape index (κ2) is 3.97. The molecule has 2 heteroatoms. The average Bonchev–Trinajstić information content (AvgIpc) is 2.24. The first-order chi connectivity index (χ1) is 7.44. The predicted molar refractivity (Wildman–Crippen MR) is 63.0 cm³/mol. The Labute approximate surface area is 97.8 Å². The number of carbonyl (C=O) groups is 2. The Bertz CT molecular complexity index is 321. The quantitative estimate of drug-likeness (QED) is 0.683. The lowest BCUT2D eigenvalue weighted by Crippen LogP contribution is -2.45. The first kappa shape index (κ1) is 11.8. The molecule has 0 heterocycles. The SMILES string of the molecule is CC(=O)[C@@H]1CC[C@]2(C)CCC(=O)[C@H](C)[C@@H]2C1. The molecule has 0 bridgehead atoms. The fraction of sp³-hybridized carbons (Fsp3) is 0.857. The van der Waals surface area contributed by atoms with E-state index in [0.717, 1.165) is 32.1 Å². The molecular weight excluding hydrogens is 200 g/mol. The zero-order chi connectivity index (χ0) is 11.9. The van der Waals surface area contributed by atoms with Crippen LogP contribution in [0.4, 0.5) is 0 Å². The number of carbonyl (C=O) groups excluding carboxylic acids is 2. The third kappa shape index (κ3) is 1.83. The summed E-state index contributed by atoms with van der Waals surface area (Å²) in [6, 6.07) is 0. The Morgan fingerprint density at radius 2 is 2.06 bits per heavy atom. The van der Waals surface area contributed by atoms with Crippen molar-refractivity contribution in [3.8, 4) is 0 Å². The van der Waals surface area contributed by atoms with Gasteiger partial charge in [-0.2, -0.15) is 0 Å². The van der Waals surface area contributed by atoms with E-state index in [4.69, 9.17) is 0 Å². The minimum Gasteiger partial charge on any atom is -0.300 e. The summed E-state index contributed by atoms with van der Waals surface area (Å²) in [5, 5.41) is 0. The highest BCUT2D eigenvalue weighted by Gasteiger charge is 2.47. The lowest BCUT2D eigenvalue weighted by Gasteiger charge is -2.49. The molecule has 0 aromatic rings. The summed E-state index contributed by atoms with van der Waals surface area (Å²) < 4.78 is 0. The minimum atomic E-state index is 0.167. The zero-order valence-corrected chi connectivity index (χ0v) is 10.6. The van der Waals surface area contributed by atoms with Crippen LogP contribution in [-0.2, 0) is 9.59 Å². The van der Waals surface area contributed by atoms with Crippen molar-refractivity contribution in [1.29, 1.82) is 0 Å². The van der Waals surface area contributed by atoms with Crippen molar-refractivity contribution in [3.63, 3.8) is 0 Å². The molecule has 4 atom stereocenters. The van der Waals surface area contributed by atoms with Crippen LogP contribution >= 0.6 is 0 Å². The smallest absolute Gasteiger partial charge is 0.136 e. The van der Waals surface area contributed by atoms with Crippen LogP contribution in [-0.4, -0.2) is 11.6 Å². The molecule has 2 rings (SSSR count). The van der Waals surface area contributed by atoms with Crippen molar-refractivity contribution in [2.24, 2.45) is 23.2 Å². The van der Waals surface area contributed by atoms with Crippen LogP contribution in [0.5, 0.6) is 0 Å². The summed E-state index contributed by atoms with van der Waals surface area (Å²) in [6.45, 7) is 6.08. The lowest BCUT2D eigenvalue weighted by molar-refractivity contribution is -0.136. The molecule has 2 saturated carbocycles. The maximum Gasteiger partial charge on any atom is 0.136 e. The summed E-state index contributed by atoms with van der Waals surface area (Å²) in [7, 11) is 0. The Balaban J connectivity index is 2.18. The number of fused-ring (bicyclic) bond motifs is 1. The Morgan fingerprint density at radius 1 is 1.38 bits per heavy atom. The molecule has 0 aliphatic heterocycles. The first-order valence-electron chi connectivity index (χ1n) is 6.47. The van der Waals surface area contributed by atoms with Gasteiger partial charge in [0, 0.05) is 18.3 Å². The average molecular weight is 222 g/mol. The topological polar surface area (TPSA) is 34.1 Å². The molecule has 2 fully saturated rings. The molecule has 0 spiro atoms. The molecule has 90 valence electrons.